The van der Waals surface area contributed by atoms with E-state index in [0.29, 0.717) is 10.7 Å². The minimum atomic E-state index is -3.91. The molecule has 24 heavy (non-hydrogen) atoms. The highest BCUT2D eigenvalue weighted by molar-refractivity contribution is 7.89. The number of nitrogens with zero attached hydrogens (tertiary/aromatic N) is 4. The lowest BCUT2D eigenvalue weighted by molar-refractivity contribution is 0.402. The van der Waals surface area contributed by atoms with Gasteiger partial charge in [-0.2, -0.15) is 9.50 Å². The molecule has 0 aliphatic rings. The summed E-state index contributed by atoms with van der Waals surface area (Å²) < 4.78 is 28.1. The van der Waals surface area contributed by atoms with Crippen LogP contribution in [0.5, 0.6) is 11.5 Å². The Labute approximate surface area is 142 Å². The highest BCUT2D eigenvalue weighted by Gasteiger charge is 2.17. The summed E-state index contributed by atoms with van der Waals surface area (Å²) in [6, 6.07) is 4.86. The maximum absolute atomic E-state index is 12.2. The summed E-state index contributed by atoms with van der Waals surface area (Å²) in [6.45, 7) is 1.59. The summed E-state index contributed by atoms with van der Waals surface area (Å²) in [7, 11) is -3.91. The van der Waals surface area contributed by atoms with Crippen molar-refractivity contribution in [2.24, 2.45) is 0 Å². The molecule has 125 valence electrons. The predicted molar refractivity (Wildman–Crippen MR) is 85.2 cm³/mol. The van der Waals surface area contributed by atoms with Crippen LogP contribution in [-0.2, 0) is 16.6 Å². The molecule has 2 heterocycles. The zero-order valence-electron chi connectivity index (χ0n) is 12.3. The Kier molecular flexibility index (Phi) is 3.99. The normalized spacial score (nSPS) is 11.9. The molecule has 0 atom stereocenters. The summed E-state index contributed by atoms with van der Waals surface area (Å²) in [5.41, 5.74) is 0.687. The molecule has 0 amide bonds. The molecule has 0 fully saturated rings. The third-order valence-corrected chi connectivity index (χ3v) is 4.82. The van der Waals surface area contributed by atoms with Crippen LogP contribution in [-0.4, -0.2) is 38.2 Å². The summed E-state index contributed by atoms with van der Waals surface area (Å²) in [4.78, 5) is 8.09. The molecular formula is C13H12N5O4S2. The number of aromatic nitrogens is 4. The van der Waals surface area contributed by atoms with Crippen molar-refractivity contribution in [3.63, 3.8) is 0 Å². The van der Waals surface area contributed by atoms with Crippen LogP contribution in [0.15, 0.2) is 34.2 Å². The van der Waals surface area contributed by atoms with Crippen molar-refractivity contribution in [1.82, 2.24) is 24.3 Å². The van der Waals surface area contributed by atoms with Gasteiger partial charge in [-0.1, -0.05) is 12.6 Å². The van der Waals surface area contributed by atoms with Gasteiger partial charge in [0, 0.05) is 11.8 Å². The number of phenols is 2. The average Bonchev–Trinajstić information content (AvgIpc) is 2.91. The number of benzene rings is 1. The molecule has 2 aromatic heterocycles. The standard InChI is InChI=1S/C13H12N5O4S2/c1-7-4-12(23)18-13(15-7)16-11(17-18)6-14-24(21,22)8-2-3-9(19)10(20)5-8/h2-5,14,19-20H,6H2,1H3. The van der Waals surface area contributed by atoms with Crippen molar-refractivity contribution in [3.05, 3.63) is 35.8 Å². The molecule has 3 N–H and O–H groups in total. The lowest BCUT2D eigenvalue weighted by Gasteiger charge is -2.06. The number of hydrogen-bond donors (Lipinski definition) is 3. The summed E-state index contributed by atoms with van der Waals surface area (Å²) in [5, 5.41) is 23.2. The quantitative estimate of drug-likeness (QED) is 0.461. The first-order valence-electron chi connectivity index (χ1n) is 6.68. The highest BCUT2D eigenvalue weighted by atomic mass is 32.2. The summed E-state index contributed by atoms with van der Waals surface area (Å²) >= 11 is 5.15. The van der Waals surface area contributed by atoms with E-state index >= 15 is 0 Å². The summed E-state index contributed by atoms with van der Waals surface area (Å²) in [6.07, 6.45) is 0. The lowest BCUT2D eigenvalue weighted by Crippen LogP contribution is -2.23. The number of aryl methyl sites for hydroxylation is 1. The van der Waals surface area contributed by atoms with E-state index < -0.39 is 21.5 Å². The van der Waals surface area contributed by atoms with Crippen molar-refractivity contribution in [3.8, 4) is 11.5 Å². The van der Waals surface area contributed by atoms with Crippen molar-refractivity contribution < 1.29 is 18.6 Å². The molecule has 0 saturated heterocycles. The van der Waals surface area contributed by atoms with Gasteiger partial charge < -0.3 is 10.2 Å². The fraction of sp³-hybridized carbons (Fsp3) is 0.154. The van der Waals surface area contributed by atoms with E-state index in [2.05, 4.69) is 19.8 Å². The van der Waals surface area contributed by atoms with Crippen LogP contribution in [0, 0.1) is 6.92 Å². The molecule has 0 aliphatic heterocycles. The van der Waals surface area contributed by atoms with E-state index in [0.717, 1.165) is 12.1 Å². The highest BCUT2D eigenvalue weighted by Crippen LogP contribution is 2.26. The number of hydrogen-bond acceptors (Lipinski definition) is 7. The van der Waals surface area contributed by atoms with E-state index in [1.807, 2.05) is 0 Å². The van der Waals surface area contributed by atoms with E-state index in [4.69, 9.17) is 12.6 Å². The third-order valence-electron chi connectivity index (χ3n) is 3.13. The smallest absolute Gasteiger partial charge is 0.254 e. The molecule has 3 rings (SSSR count). The van der Waals surface area contributed by atoms with Gasteiger partial charge in [-0.15, -0.1) is 5.10 Å². The van der Waals surface area contributed by atoms with Gasteiger partial charge >= 0.3 is 0 Å². The minimum Gasteiger partial charge on any atom is -0.504 e. The van der Waals surface area contributed by atoms with E-state index in [1.54, 1.807) is 13.0 Å². The molecular weight excluding hydrogens is 354 g/mol. The van der Waals surface area contributed by atoms with Crippen LogP contribution in [0.25, 0.3) is 5.78 Å². The molecule has 0 unspecified atom stereocenters. The second-order valence-corrected chi connectivity index (χ2v) is 7.14. The van der Waals surface area contributed by atoms with E-state index in [1.165, 1.54) is 10.6 Å². The van der Waals surface area contributed by atoms with Crippen LogP contribution in [0.4, 0.5) is 0 Å². The van der Waals surface area contributed by atoms with E-state index in [-0.39, 0.29) is 23.0 Å². The topological polar surface area (TPSA) is 130 Å². The number of sulfonamides is 1. The maximum atomic E-state index is 12.2. The number of phenolic OH excluding ortho intramolecular Hbond substituents is 2. The molecule has 0 bridgehead atoms. The second kappa shape index (κ2) is 5.85. The first-order chi connectivity index (χ1) is 11.3. The first-order valence-corrected chi connectivity index (χ1v) is 8.57. The van der Waals surface area contributed by atoms with E-state index in [9.17, 15) is 18.6 Å². The number of rotatable bonds is 4. The fourth-order valence-electron chi connectivity index (χ4n) is 1.98. The fourth-order valence-corrected chi connectivity index (χ4v) is 3.28. The van der Waals surface area contributed by atoms with Crippen molar-refractivity contribution in [2.45, 2.75) is 23.4 Å². The Bertz CT molecular complexity index is 1030. The van der Waals surface area contributed by atoms with Gasteiger partial charge in [0.25, 0.3) is 5.78 Å². The molecule has 1 aromatic carbocycles. The Morgan fingerprint density at radius 1 is 1.21 bits per heavy atom. The largest absolute Gasteiger partial charge is 0.504 e. The maximum Gasteiger partial charge on any atom is 0.254 e. The Morgan fingerprint density at radius 2 is 1.96 bits per heavy atom. The zero-order valence-corrected chi connectivity index (χ0v) is 14.0. The molecule has 1 radical (unpaired) electrons. The molecule has 0 aliphatic carbocycles. The molecule has 9 nitrogen and oxygen atoms in total. The van der Waals surface area contributed by atoms with Gasteiger partial charge in [0.15, 0.2) is 17.3 Å². The van der Waals surface area contributed by atoms with Gasteiger partial charge in [0.05, 0.1) is 11.4 Å². The van der Waals surface area contributed by atoms with Gasteiger partial charge in [-0.3, -0.25) is 0 Å². The summed E-state index contributed by atoms with van der Waals surface area (Å²) in [5.74, 6) is -0.447. The number of nitrogens with one attached hydrogen (secondary N) is 1. The molecule has 0 spiro atoms. The van der Waals surface area contributed by atoms with Gasteiger partial charge in [0.2, 0.25) is 10.0 Å². The average molecular weight is 366 g/mol. The van der Waals surface area contributed by atoms with Crippen LogP contribution in [0.1, 0.15) is 11.5 Å². The van der Waals surface area contributed by atoms with Crippen molar-refractivity contribution >= 4 is 28.4 Å². The monoisotopic (exact) mass is 366 g/mol. The SMILES string of the molecule is Cc1cc([S])n2nc(CNS(=O)(=O)c3ccc(O)c(O)c3)nc2n1. The van der Waals surface area contributed by atoms with Crippen LogP contribution >= 0.6 is 12.6 Å². The van der Waals surface area contributed by atoms with Gasteiger partial charge in [-0.25, -0.2) is 18.1 Å². The first kappa shape index (κ1) is 16.4. The van der Waals surface area contributed by atoms with Gasteiger partial charge in [0.1, 0.15) is 5.03 Å². The Hall–Kier alpha value is -2.50. The van der Waals surface area contributed by atoms with Gasteiger partial charge in [-0.05, 0) is 25.1 Å². The molecule has 0 saturated carbocycles. The third kappa shape index (κ3) is 3.09. The number of aromatic hydroxyl groups is 2. The molecule has 3 aromatic rings. The van der Waals surface area contributed by atoms with Crippen LogP contribution < -0.4 is 4.72 Å². The van der Waals surface area contributed by atoms with Crippen molar-refractivity contribution in [2.75, 3.05) is 0 Å². The molecule has 11 heteroatoms. The minimum absolute atomic E-state index is 0.179. The van der Waals surface area contributed by atoms with Crippen LogP contribution in [0.2, 0.25) is 0 Å². The van der Waals surface area contributed by atoms with Crippen LogP contribution in [0.3, 0.4) is 0 Å². The Balaban J connectivity index is 1.84. The van der Waals surface area contributed by atoms with Crippen molar-refractivity contribution in [1.29, 1.82) is 0 Å². The Morgan fingerprint density at radius 3 is 2.67 bits per heavy atom. The number of fused-ring (bicyclic) bond motifs is 1. The second-order valence-electron chi connectivity index (χ2n) is 4.95. The zero-order chi connectivity index (χ0) is 17.5. The lowest BCUT2D eigenvalue weighted by atomic mass is 10.3. The predicted octanol–water partition coefficient (Wildman–Crippen LogP) is 0.879.